The van der Waals surface area contributed by atoms with E-state index in [4.69, 9.17) is 9.78 Å². The first kappa shape index (κ1) is 20.0. The highest BCUT2D eigenvalue weighted by Crippen LogP contribution is 2.28. The van der Waals surface area contributed by atoms with Crippen LogP contribution in [0.25, 0.3) is 11.4 Å². The molecule has 0 aliphatic heterocycles. The van der Waals surface area contributed by atoms with Crippen LogP contribution in [0.4, 0.5) is 17.6 Å². The molecule has 1 amide bonds. The van der Waals surface area contributed by atoms with Crippen LogP contribution in [0, 0.1) is 17.1 Å². The van der Waals surface area contributed by atoms with Gasteiger partial charge in [-0.3, -0.25) is 9.48 Å². The summed E-state index contributed by atoms with van der Waals surface area (Å²) in [5.41, 5.74) is -1.29. The summed E-state index contributed by atoms with van der Waals surface area (Å²) in [4.78, 5) is 16.4. The highest BCUT2D eigenvalue weighted by molar-refractivity contribution is 5.92. The van der Waals surface area contributed by atoms with E-state index < -0.39 is 29.6 Å². The molecule has 12 heteroatoms. The highest BCUT2D eigenvalue weighted by Gasteiger charge is 2.36. The molecule has 29 heavy (non-hydrogen) atoms. The Balaban J connectivity index is 1.83. The van der Waals surface area contributed by atoms with Gasteiger partial charge < -0.3 is 9.84 Å². The fourth-order valence-corrected chi connectivity index (χ4v) is 2.46. The first-order chi connectivity index (χ1) is 13.7. The molecule has 150 valence electrons. The maximum atomic E-state index is 13.3. The molecule has 3 rings (SSSR count). The zero-order valence-electron chi connectivity index (χ0n) is 14.7. The number of nitriles is 1. The fraction of sp³-hybridized carbons (Fsp3) is 0.235. The molecular weight excluding hydrogens is 396 g/mol. The Hall–Kier alpha value is -3.75. The van der Waals surface area contributed by atoms with Gasteiger partial charge in [-0.1, -0.05) is 17.3 Å². The number of aryl methyl sites for hydroxylation is 1. The van der Waals surface area contributed by atoms with Crippen LogP contribution in [0.3, 0.4) is 0 Å². The molecule has 0 unspecified atom stereocenters. The minimum absolute atomic E-state index is 0.0246. The van der Waals surface area contributed by atoms with Gasteiger partial charge in [0.2, 0.25) is 5.82 Å². The number of hydrogen-bond acceptors (Lipinski definition) is 6. The number of halogens is 4. The van der Waals surface area contributed by atoms with Gasteiger partial charge in [-0.2, -0.15) is 28.5 Å². The molecule has 0 fully saturated rings. The Bertz CT molecular complexity index is 1080. The van der Waals surface area contributed by atoms with E-state index in [1.165, 1.54) is 31.3 Å². The fourth-order valence-electron chi connectivity index (χ4n) is 2.46. The van der Waals surface area contributed by atoms with Crippen LogP contribution in [0.1, 0.15) is 34.5 Å². The number of alkyl halides is 3. The Kier molecular flexibility index (Phi) is 5.31. The van der Waals surface area contributed by atoms with E-state index in [2.05, 4.69) is 20.6 Å². The molecule has 3 aromatic rings. The second-order valence-electron chi connectivity index (χ2n) is 5.89. The van der Waals surface area contributed by atoms with Crippen molar-refractivity contribution in [3.8, 4) is 17.5 Å². The first-order valence-electron chi connectivity index (χ1n) is 8.07. The summed E-state index contributed by atoms with van der Waals surface area (Å²) in [6, 6.07) is 6.69. The third-order valence-electron chi connectivity index (χ3n) is 3.83. The Labute approximate surface area is 160 Å². The number of hydrogen-bond donors (Lipinski definition) is 1. The topological polar surface area (TPSA) is 110 Å². The number of benzene rings is 1. The van der Waals surface area contributed by atoms with Crippen molar-refractivity contribution >= 4 is 5.91 Å². The molecule has 2 heterocycles. The Morgan fingerprint density at radius 2 is 2.14 bits per heavy atom. The molecule has 1 aromatic carbocycles. The van der Waals surface area contributed by atoms with E-state index >= 15 is 0 Å². The average Bonchev–Trinajstić information content (AvgIpc) is 3.28. The average molecular weight is 408 g/mol. The van der Waals surface area contributed by atoms with Crippen molar-refractivity contribution in [1.29, 1.82) is 5.26 Å². The molecule has 0 spiro atoms. The lowest BCUT2D eigenvalue weighted by Gasteiger charge is -2.11. The van der Waals surface area contributed by atoms with Crippen molar-refractivity contribution in [2.75, 3.05) is 0 Å². The minimum Gasteiger partial charge on any atom is -0.338 e. The highest BCUT2D eigenvalue weighted by atomic mass is 19.4. The monoisotopic (exact) mass is 408 g/mol. The van der Waals surface area contributed by atoms with E-state index in [-0.39, 0.29) is 23.8 Å². The molecule has 0 radical (unpaired) electrons. The summed E-state index contributed by atoms with van der Waals surface area (Å²) in [5.74, 6) is -1.57. The summed E-state index contributed by atoms with van der Waals surface area (Å²) in [7, 11) is 1.18. The molecule has 0 bridgehead atoms. The number of rotatable bonds is 5. The van der Waals surface area contributed by atoms with Crippen LogP contribution in [0.15, 0.2) is 34.9 Å². The molecular formula is C17H12F4N6O2. The molecule has 0 aliphatic carbocycles. The van der Waals surface area contributed by atoms with Gasteiger partial charge in [-0.05, 0) is 12.1 Å². The maximum Gasteiger partial charge on any atom is 0.435 e. The normalized spacial score (nSPS) is 12.4. The van der Waals surface area contributed by atoms with Gasteiger partial charge in [0.15, 0.2) is 5.69 Å². The van der Waals surface area contributed by atoms with Gasteiger partial charge in [0.25, 0.3) is 11.8 Å². The maximum absolute atomic E-state index is 13.3. The lowest BCUT2D eigenvalue weighted by Crippen LogP contribution is -2.30. The van der Waals surface area contributed by atoms with E-state index in [0.29, 0.717) is 11.6 Å². The molecule has 0 saturated heterocycles. The van der Waals surface area contributed by atoms with Crippen molar-refractivity contribution in [2.24, 2.45) is 7.05 Å². The summed E-state index contributed by atoms with van der Waals surface area (Å²) >= 11 is 0. The van der Waals surface area contributed by atoms with Crippen LogP contribution < -0.4 is 5.32 Å². The van der Waals surface area contributed by atoms with Crippen LogP contribution in [0.5, 0.6) is 0 Å². The van der Waals surface area contributed by atoms with E-state index in [1.54, 1.807) is 0 Å². The Morgan fingerprint density at radius 1 is 1.38 bits per heavy atom. The third-order valence-corrected chi connectivity index (χ3v) is 3.83. The summed E-state index contributed by atoms with van der Waals surface area (Å²) in [6.07, 6.45) is -5.00. The predicted octanol–water partition coefficient (Wildman–Crippen LogP) is 3.01. The van der Waals surface area contributed by atoms with E-state index in [1.807, 2.05) is 6.07 Å². The number of nitrogens with one attached hydrogen (secondary N) is 1. The third kappa shape index (κ3) is 4.40. The van der Waals surface area contributed by atoms with Crippen LogP contribution in [-0.2, 0) is 13.2 Å². The van der Waals surface area contributed by atoms with Gasteiger partial charge in [-0.25, -0.2) is 4.39 Å². The summed E-state index contributed by atoms with van der Waals surface area (Å²) in [6.45, 7) is 0. The van der Waals surface area contributed by atoms with Crippen molar-refractivity contribution in [2.45, 2.75) is 18.6 Å². The second kappa shape index (κ2) is 7.70. The standard InChI is InChI=1S/C17H12F4N6O2/c1-27-12(8-13(25-27)17(19,20)21)15(28)23-11(5-6-22)16-24-14(26-29-16)9-3-2-4-10(18)7-9/h2-4,7-8,11H,5H2,1H3,(H,23,28)/t11-/m1/s1. The molecule has 0 saturated carbocycles. The lowest BCUT2D eigenvalue weighted by atomic mass is 10.2. The van der Waals surface area contributed by atoms with Crippen molar-refractivity contribution in [1.82, 2.24) is 25.2 Å². The number of amides is 1. The molecule has 1 atom stereocenters. The summed E-state index contributed by atoms with van der Waals surface area (Å²) in [5, 5.41) is 18.3. The molecule has 2 aromatic heterocycles. The number of carbonyl (C=O) groups excluding carboxylic acids is 1. The largest absolute Gasteiger partial charge is 0.435 e. The minimum atomic E-state index is -4.71. The zero-order valence-corrected chi connectivity index (χ0v) is 14.7. The second-order valence-corrected chi connectivity index (χ2v) is 5.89. The lowest BCUT2D eigenvalue weighted by molar-refractivity contribution is -0.141. The molecule has 1 N–H and O–H groups in total. The number of carbonyl (C=O) groups is 1. The van der Waals surface area contributed by atoms with Gasteiger partial charge in [-0.15, -0.1) is 0 Å². The van der Waals surface area contributed by atoms with Crippen LogP contribution in [0.2, 0.25) is 0 Å². The van der Waals surface area contributed by atoms with Gasteiger partial charge in [0, 0.05) is 18.7 Å². The zero-order chi connectivity index (χ0) is 21.2. The van der Waals surface area contributed by atoms with Crippen molar-refractivity contribution in [3.63, 3.8) is 0 Å². The van der Waals surface area contributed by atoms with E-state index in [0.717, 1.165) is 4.68 Å². The van der Waals surface area contributed by atoms with Gasteiger partial charge in [0.05, 0.1) is 12.5 Å². The van der Waals surface area contributed by atoms with Crippen LogP contribution in [-0.4, -0.2) is 25.8 Å². The quantitative estimate of drug-likeness (QED) is 0.650. The number of nitrogens with zero attached hydrogens (tertiary/aromatic N) is 5. The van der Waals surface area contributed by atoms with Crippen molar-refractivity contribution < 1.29 is 26.9 Å². The van der Waals surface area contributed by atoms with Gasteiger partial charge >= 0.3 is 6.18 Å². The molecule has 0 aliphatic rings. The first-order valence-corrected chi connectivity index (χ1v) is 8.07. The SMILES string of the molecule is Cn1nc(C(F)(F)F)cc1C(=O)N[C@H](CC#N)c1nc(-c2cccc(F)c2)no1. The Morgan fingerprint density at radius 3 is 2.76 bits per heavy atom. The number of aromatic nitrogens is 4. The predicted molar refractivity (Wildman–Crippen MR) is 88.3 cm³/mol. The van der Waals surface area contributed by atoms with E-state index in [9.17, 15) is 22.4 Å². The van der Waals surface area contributed by atoms with Crippen LogP contribution >= 0.6 is 0 Å². The van der Waals surface area contributed by atoms with Gasteiger partial charge in [0.1, 0.15) is 17.6 Å². The molecule has 8 nitrogen and oxygen atoms in total. The summed E-state index contributed by atoms with van der Waals surface area (Å²) < 4.78 is 57.5. The smallest absolute Gasteiger partial charge is 0.338 e. The van der Waals surface area contributed by atoms with Crippen molar-refractivity contribution in [3.05, 3.63) is 53.4 Å².